The van der Waals surface area contributed by atoms with Crippen molar-refractivity contribution >= 4 is 46.5 Å². The molecular formula is C23H22INO6. The average Bonchev–Trinajstić information content (AvgIpc) is 3.08. The van der Waals surface area contributed by atoms with Crippen LogP contribution in [0.15, 0.2) is 47.1 Å². The van der Waals surface area contributed by atoms with Crippen molar-refractivity contribution < 1.29 is 28.5 Å². The molecule has 1 aliphatic heterocycles. The highest BCUT2D eigenvalue weighted by molar-refractivity contribution is 14.1. The lowest BCUT2D eigenvalue weighted by Crippen LogP contribution is -2.15. The molecule has 7 nitrogen and oxygen atoms in total. The fraction of sp³-hybridized carbons (Fsp3) is 0.261. The third kappa shape index (κ3) is 5.84. The molecular weight excluding hydrogens is 513 g/mol. The molecule has 0 aliphatic carbocycles. The van der Waals surface area contributed by atoms with Crippen LogP contribution < -0.4 is 9.47 Å². The standard InChI is InChI=1S/C23H22INO6/c1-4-28-19-12-15(10-17(24)21(19)30-13-20(26)29-5-2)11-18-23(27)31-22(25-18)16-8-6-14(3)7-9-16/h6-12H,4-5,13H2,1-3H3/b18-11-. The van der Waals surface area contributed by atoms with Gasteiger partial charge in [0.1, 0.15) is 0 Å². The first-order chi connectivity index (χ1) is 14.9. The van der Waals surface area contributed by atoms with Gasteiger partial charge >= 0.3 is 11.9 Å². The highest BCUT2D eigenvalue weighted by Gasteiger charge is 2.24. The molecule has 0 unspecified atom stereocenters. The second kappa shape index (κ2) is 10.4. The van der Waals surface area contributed by atoms with Crippen LogP contribution in [0.25, 0.3) is 6.08 Å². The normalized spacial score (nSPS) is 14.3. The largest absolute Gasteiger partial charge is 0.490 e. The Bertz CT molecular complexity index is 1040. The number of nitrogens with zero attached hydrogens (tertiary/aromatic N) is 1. The Balaban J connectivity index is 1.88. The molecule has 3 rings (SSSR count). The minimum atomic E-state index is -0.522. The van der Waals surface area contributed by atoms with Crippen molar-refractivity contribution in [2.45, 2.75) is 20.8 Å². The van der Waals surface area contributed by atoms with Gasteiger partial charge in [0.2, 0.25) is 5.90 Å². The smallest absolute Gasteiger partial charge is 0.363 e. The summed E-state index contributed by atoms with van der Waals surface area (Å²) in [7, 11) is 0. The lowest BCUT2D eigenvalue weighted by molar-refractivity contribution is -0.145. The molecule has 8 heteroatoms. The van der Waals surface area contributed by atoms with Crippen LogP contribution in [0.5, 0.6) is 11.5 Å². The fourth-order valence-electron chi connectivity index (χ4n) is 2.79. The molecule has 0 N–H and O–H groups in total. The molecule has 0 atom stereocenters. The van der Waals surface area contributed by atoms with Gasteiger partial charge in [-0.2, -0.15) is 0 Å². The summed E-state index contributed by atoms with van der Waals surface area (Å²) in [6, 6.07) is 11.1. The number of benzene rings is 2. The van der Waals surface area contributed by atoms with Gasteiger partial charge in [0, 0.05) is 5.56 Å². The van der Waals surface area contributed by atoms with Gasteiger partial charge in [-0.25, -0.2) is 14.6 Å². The summed E-state index contributed by atoms with van der Waals surface area (Å²) in [6.07, 6.45) is 1.63. The molecule has 1 aliphatic rings. The molecule has 31 heavy (non-hydrogen) atoms. The Morgan fingerprint density at radius 1 is 1.13 bits per heavy atom. The topological polar surface area (TPSA) is 83.4 Å². The molecule has 1 heterocycles. The van der Waals surface area contributed by atoms with Crippen LogP contribution in [0.4, 0.5) is 0 Å². The van der Waals surface area contributed by atoms with Crippen molar-refractivity contribution in [3.8, 4) is 11.5 Å². The Labute approximate surface area is 194 Å². The van der Waals surface area contributed by atoms with Gasteiger partial charge in [-0.1, -0.05) is 17.7 Å². The van der Waals surface area contributed by atoms with Crippen LogP contribution in [0.3, 0.4) is 0 Å². The number of hydrogen-bond acceptors (Lipinski definition) is 7. The number of ether oxygens (including phenoxy) is 4. The molecule has 0 saturated carbocycles. The van der Waals surface area contributed by atoms with E-state index in [4.69, 9.17) is 18.9 Å². The van der Waals surface area contributed by atoms with E-state index in [2.05, 4.69) is 27.6 Å². The number of aryl methyl sites for hydroxylation is 1. The molecule has 0 amide bonds. The molecule has 0 fully saturated rings. The molecule has 0 bridgehead atoms. The van der Waals surface area contributed by atoms with Crippen molar-refractivity contribution in [1.82, 2.24) is 0 Å². The molecule has 0 aromatic heterocycles. The van der Waals surface area contributed by atoms with E-state index in [-0.39, 0.29) is 24.8 Å². The summed E-state index contributed by atoms with van der Waals surface area (Å²) in [5.41, 5.74) is 2.72. The first-order valence-corrected chi connectivity index (χ1v) is 10.8. The highest BCUT2D eigenvalue weighted by Crippen LogP contribution is 2.35. The number of cyclic esters (lactones) is 1. The van der Waals surface area contributed by atoms with Crippen molar-refractivity contribution in [3.63, 3.8) is 0 Å². The van der Waals surface area contributed by atoms with Crippen LogP contribution in [-0.4, -0.2) is 37.7 Å². The fourth-order valence-corrected chi connectivity index (χ4v) is 3.58. The highest BCUT2D eigenvalue weighted by atomic mass is 127. The molecule has 0 spiro atoms. The van der Waals surface area contributed by atoms with E-state index >= 15 is 0 Å². The SMILES string of the molecule is CCOC(=O)COc1c(I)cc(/C=C2\N=C(c3ccc(C)cc3)OC2=O)cc1OCC. The van der Waals surface area contributed by atoms with Gasteiger partial charge in [0.05, 0.1) is 16.8 Å². The van der Waals surface area contributed by atoms with Gasteiger partial charge in [-0.15, -0.1) is 0 Å². The Morgan fingerprint density at radius 3 is 2.55 bits per heavy atom. The summed E-state index contributed by atoms with van der Waals surface area (Å²) in [5.74, 6) is 0.185. The van der Waals surface area contributed by atoms with Gasteiger partial charge < -0.3 is 18.9 Å². The number of carbonyl (C=O) groups is 2. The minimum Gasteiger partial charge on any atom is -0.490 e. The van der Waals surface area contributed by atoms with Crippen molar-refractivity contribution in [2.75, 3.05) is 19.8 Å². The zero-order valence-electron chi connectivity index (χ0n) is 17.4. The molecule has 2 aromatic rings. The monoisotopic (exact) mass is 535 g/mol. The maximum atomic E-state index is 12.3. The quantitative estimate of drug-likeness (QED) is 0.285. The molecule has 0 radical (unpaired) electrons. The third-order valence-corrected chi connectivity index (χ3v) is 5.00. The van der Waals surface area contributed by atoms with E-state index < -0.39 is 11.9 Å². The van der Waals surface area contributed by atoms with Crippen molar-refractivity contribution in [1.29, 1.82) is 0 Å². The maximum Gasteiger partial charge on any atom is 0.363 e. The molecule has 2 aromatic carbocycles. The minimum absolute atomic E-state index is 0.189. The van der Waals surface area contributed by atoms with E-state index in [1.54, 1.807) is 19.1 Å². The molecule has 162 valence electrons. The van der Waals surface area contributed by atoms with Crippen molar-refractivity contribution in [2.24, 2.45) is 4.99 Å². The van der Waals surface area contributed by atoms with Crippen LogP contribution in [-0.2, 0) is 19.1 Å². The summed E-state index contributed by atoms with van der Waals surface area (Å²) in [4.78, 5) is 28.3. The van der Waals surface area contributed by atoms with E-state index in [0.717, 1.165) is 11.1 Å². The number of esters is 2. The van der Waals surface area contributed by atoms with E-state index in [9.17, 15) is 9.59 Å². The summed E-state index contributed by atoms with van der Waals surface area (Å²) in [5, 5.41) is 0. The zero-order chi connectivity index (χ0) is 22.4. The Morgan fingerprint density at radius 2 is 1.87 bits per heavy atom. The first-order valence-electron chi connectivity index (χ1n) is 9.75. The Kier molecular flexibility index (Phi) is 7.67. The lowest BCUT2D eigenvalue weighted by atomic mass is 10.1. The van der Waals surface area contributed by atoms with Gasteiger partial charge in [0.15, 0.2) is 23.8 Å². The average molecular weight is 535 g/mol. The van der Waals surface area contributed by atoms with E-state index in [1.807, 2.05) is 44.2 Å². The number of aliphatic imine (C=N–C) groups is 1. The number of halogens is 1. The zero-order valence-corrected chi connectivity index (χ0v) is 19.6. The second-order valence-corrected chi connectivity index (χ2v) is 7.72. The second-order valence-electron chi connectivity index (χ2n) is 6.56. The van der Waals surface area contributed by atoms with Gasteiger partial charge in [-0.05, 0) is 79.3 Å². The summed E-state index contributed by atoms with van der Waals surface area (Å²) >= 11 is 2.09. The predicted octanol–water partition coefficient (Wildman–Crippen LogP) is 4.28. The van der Waals surface area contributed by atoms with Crippen LogP contribution in [0.1, 0.15) is 30.5 Å². The van der Waals surface area contributed by atoms with E-state index in [0.29, 0.717) is 27.2 Å². The number of carbonyl (C=O) groups excluding carboxylic acids is 2. The number of rotatable bonds is 8. The van der Waals surface area contributed by atoms with Gasteiger partial charge in [-0.3, -0.25) is 0 Å². The van der Waals surface area contributed by atoms with Crippen LogP contribution in [0, 0.1) is 10.5 Å². The first kappa shape index (κ1) is 22.8. The van der Waals surface area contributed by atoms with Gasteiger partial charge in [0.25, 0.3) is 0 Å². The molecule has 0 saturated heterocycles. The summed E-state index contributed by atoms with van der Waals surface area (Å²) < 4.78 is 22.2. The summed E-state index contributed by atoms with van der Waals surface area (Å²) in [6.45, 7) is 6.03. The van der Waals surface area contributed by atoms with Crippen LogP contribution in [0.2, 0.25) is 0 Å². The number of hydrogen-bond donors (Lipinski definition) is 0. The lowest BCUT2D eigenvalue weighted by Gasteiger charge is -2.14. The Hall–Kier alpha value is -2.88. The predicted molar refractivity (Wildman–Crippen MR) is 124 cm³/mol. The third-order valence-electron chi connectivity index (χ3n) is 4.19. The van der Waals surface area contributed by atoms with Crippen molar-refractivity contribution in [3.05, 3.63) is 62.4 Å². The van der Waals surface area contributed by atoms with E-state index in [1.165, 1.54) is 0 Å². The van der Waals surface area contributed by atoms with Crippen LogP contribution >= 0.6 is 22.6 Å². The maximum absolute atomic E-state index is 12.3.